The van der Waals surface area contributed by atoms with Crippen LogP contribution in [0.3, 0.4) is 0 Å². The minimum absolute atomic E-state index is 0.0709. The van der Waals surface area contributed by atoms with Gasteiger partial charge in [0.05, 0.1) is 6.20 Å². The summed E-state index contributed by atoms with van der Waals surface area (Å²) in [6.07, 6.45) is 8.42. The predicted molar refractivity (Wildman–Crippen MR) is 107 cm³/mol. The van der Waals surface area contributed by atoms with Crippen molar-refractivity contribution in [3.63, 3.8) is 0 Å². The van der Waals surface area contributed by atoms with Gasteiger partial charge in [0.1, 0.15) is 0 Å². The molecule has 4 rings (SSSR count). The van der Waals surface area contributed by atoms with Crippen molar-refractivity contribution in [1.29, 1.82) is 0 Å². The van der Waals surface area contributed by atoms with Gasteiger partial charge in [-0.3, -0.25) is 4.68 Å². The molecule has 5 heteroatoms. The Morgan fingerprint density at radius 3 is 2.70 bits per heavy atom. The van der Waals surface area contributed by atoms with E-state index in [4.69, 9.17) is 0 Å². The maximum atomic E-state index is 12.9. The molecule has 1 aliphatic heterocycles. The largest absolute Gasteiger partial charge is 0.338 e. The molecule has 2 heterocycles. The lowest BCUT2D eigenvalue weighted by atomic mass is 9.85. The normalized spacial score (nSPS) is 20.4. The number of carbonyl (C=O) groups is 1. The number of amides is 2. The third-order valence-corrected chi connectivity index (χ3v) is 6.40. The maximum absolute atomic E-state index is 12.9. The van der Waals surface area contributed by atoms with Gasteiger partial charge in [-0.15, -0.1) is 0 Å². The highest BCUT2D eigenvalue weighted by Crippen LogP contribution is 2.34. The first-order valence-corrected chi connectivity index (χ1v) is 10.2. The van der Waals surface area contributed by atoms with Gasteiger partial charge in [0.15, 0.2) is 0 Å². The van der Waals surface area contributed by atoms with E-state index in [1.54, 1.807) is 0 Å². The van der Waals surface area contributed by atoms with Crippen LogP contribution in [0.2, 0.25) is 0 Å². The van der Waals surface area contributed by atoms with Crippen molar-refractivity contribution in [1.82, 2.24) is 20.0 Å². The minimum Gasteiger partial charge on any atom is -0.338 e. The summed E-state index contributed by atoms with van der Waals surface area (Å²) < 4.78 is 1.92. The van der Waals surface area contributed by atoms with Crippen LogP contribution >= 0.6 is 0 Å². The molecule has 1 aromatic heterocycles. The molecule has 5 nitrogen and oxygen atoms in total. The van der Waals surface area contributed by atoms with Crippen molar-refractivity contribution in [2.75, 3.05) is 13.1 Å². The Balaban J connectivity index is 1.51. The summed E-state index contributed by atoms with van der Waals surface area (Å²) in [6.45, 7) is 4.31. The number of hydrogen-bond donors (Lipinski definition) is 1. The van der Waals surface area contributed by atoms with E-state index in [1.807, 2.05) is 22.8 Å². The van der Waals surface area contributed by atoms with Crippen molar-refractivity contribution in [2.24, 2.45) is 13.0 Å². The van der Waals surface area contributed by atoms with E-state index in [0.717, 1.165) is 6.54 Å². The quantitative estimate of drug-likeness (QED) is 0.894. The Morgan fingerprint density at radius 2 is 1.96 bits per heavy atom. The summed E-state index contributed by atoms with van der Waals surface area (Å²) in [4.78, 5) is 14.9. The van der Waals surface area contributed by atoms with Crippen LogP contribution in [0.5, 0.6) is 0 Å². The van der Waals surface area contributed by atoms with Crippen LogP contribution in [0, 0.1) is 12.8 Å². The number of fused-ring (bicyclic) bond motifs is 1. The molecule has 1 aromatic carbocycles. The SMILES string of the molecule is Cc1c(C2CN(C(=O)NCC3CCCCC3)Cc3ccccc32)cnn1C. The molecule has 0 radical (unpaired) electrons. The van der Waals surface area contributed by atoms with Gasteiger partial charge in [-0.2, -0.15) is 5.10 Å². The van der Waals surface area contributed by atoms with Crippen molar-refractivity contribution in [3.8, 4) is 0 Å². The molecular formula is C22H30N4O. The van der Waals surface area contributed by atoms with Crippen LogP contribution in [0.15, 0.2) is 30.5 Å². The molecule has 1 atom stereocenters. The molecule has 1 N–H and O–H groups in total. The van der Waals surface area contributed by atoms with Crippen LogP contribution in [-0.4, -0.2) is 33.8 Å². The highest BCUT2D eigenvalue weighted by molar-refractivity contribution is 5.75. The van der Waals surface area contributed by atoms with Gasteiger partial charge in [-0.25, -0.2) is 4.79 Å². The van der Waals surface area contributed by atoms with Crippen molar-refractivity contribution in [3.05, 3.63) is 52.8 Å². The molecule has 0 bridgehead atoms. The molecule has 2 amide bonds. The summed E-state index contributed by atoms with van der Waals surface area (Å²) in [5, 5.41) is 7.64. The Hall–Kier alpha value is -2.30. The monoisotopic (exact) mass is 366 g/mol. The first kappa shape index (κ1) is 18.1. The van der Waals surface area contributed by atoms with Crippen molar-refractivity contribution < 1.29 is 4.79 Å². The molecule has 0 spiro atoms. The fourth-order valence-electron chi connectivity index (χ4n) is 4.62. The number of nitrogens with zero attached hydrogens (tertiary/aromatic N) is 3. The average molecular weight is 367 g/mol. The van der Waals surface area contributed by atoms with E-state index in [1.165, 1.54) is 54.5 Å². The molecule has 1 aliphatic carbocycles. The van der Waals surface area contributed by atoms with Gasteiger partial charge in [0.2, 0.25) is 0 Å². The number of nitrogens with one attached hydrogen (secondary N) is 1. The van der Waals surface area contributed by atoms with Crippen LogP contribution in [-0.2, 0) is 13.6 Å². The summed E-state index contributed by atoms with van der Waals surface area (Å²) >= 11 is 0. The predicted octanol–water partition coefficient (Wildman–Crippen LogP) is 3.97. The number of urea groups is 1. The Morgan fingerprint density at radius 1 is 1.19 bits per heavy atom. The number of carbonyl (C=O) groups excluding carboxylic acids is 1. The highest BCUT2D eigenvalue weighted by Gasteiger charge is 2.31. The maximum Gasteiger partial charge on any atom is 0.317 e. The Kier molecular flexibility index (Phi) is 5.19. The second kappa shape index (κ2) is 7.75. The second-order valence-corrected chi connectivity index (χ2v) is 8.13. The Bertz CT molecular complexity index is 806. The van der Waals surface area contributed by atoms with Gasteiger partial charge < -0.3 is 10.2 Å². The molecule has 1 fully saturated rings. The van der Waals surface area contributed by atoms with E-state index in [2.05, 4.69) is 41.6 Å². The van der Waals surface area contributed by atoms with Crippen LogP contribution in [0.25, 0.3) is 0 Å². The molecular weight excluding hydrogens is 336 g/mol. The molecule has 2 aromatic rings. The molecule has 1 saturated carbocycles. The number of rotatable bonds is 3. The highest BCUT2D eigenvalue weighted by atomic mass is 16.2. The zero-order chi connectivity index (χ0) is 18.8. The summed E-state index contributed by atoms with van der Waals surface area (Å²) in [6, 6.07) is 8.58. The van der Waals surface area contributed by atoms with Crippen LogP contribution in [0.4, 0.5) is 4.79 Å². The van der Waals surface area contributed by atoms with Gasteiger partial charge in [-0.1, -0.05) is 43.5 Å². The molecule has 1 unspecified atom stereocenters. The summed E-state index contributed by atoms with van der Waals surface area (Å²) in [5.41, 5.74) is 4.95. The number of aryl methyl sites for hydroxylation is 1. The van der Waals surface area contributed by atoms with Gasteiger partial charge in [0.25, 0.3) is 0 Å². The van der Waals surface area contributed by atoms with E-state index in [0.29, 0.717) is 19.0 Å². The van der Waals surface area contributed by atoms with E-state index in [-0.39, 0.29) is 11.9 Å². The average Bonchev–Trinajstić information content (AvgIpc) is 3.04. The van der Waals surface area contributed by atoms with Gasteiger partial charge in [0, 0.05) is 43.9 Å². The third-order valence-electron chi connectivity index (χ3n) is 6.40. The van der Waals surface area contributed by atoms with E-state index in [9.17, 15) is 4.79 Å². The minimum atomic E-state index is 0.0709. The second-order valence-electron chi connectivity index (χ2n) is 8.13. The first-order valence-electron chi connectivity index (χ1n) is 10.2. The lowest BCUT2D eigenvalue weighted by Crippen LogP contribution is -2.45. The number of hydrogen-bond acceptors (Lipinski definition) is 2. The van der Waals surface area contributed by atoms with E-state index >= 15 is 0 Å². The fourth-order valence-corrected chi connectivity index (χ4v) is 4.62. The first-order chi connectivity index (χ1) is 13.1. The van der Waals surface area contributed by atoms with Crippen molar-refractivity contribution >= 4 is 6.03 Å². The molecule has 27 heavy (non-hydrogen) atoms. The number of aromatic nitrogens is 2. The molecule has 2 aliphatic rings. The fraction of sp³-hybridized carbons (Fsp3) is 0.545. The lowest BCUT2D eigenvalue weighted by molar-refractivity contribution is 0.185. The topological polar surface area (TPSA) is 50.2 Å². The van der Waals surface area contributed by atoms with Crippen LogP contribution < -0.4 is 5.32 Å². The van der Waals surface area contributed by atoms with Crippen molar-refractivity contribution in [2.45, 2.75) is 51.5 Å². The number of benzene rings is 1. The standard InChI is InChI=1S/C22H30N4O/c1-16-20(13-24-25(16)2)21-15-26(14-18-10-6-7-11-19(18)21)22(27)23-12-17-8-4-3-5-9-17/h6-7,10-11,13,17,21H,3-5,8-9,12,14-15H2,1-2H3,(H,23,27). The third kappa shape index (κ3) is 3.73. The lowest BCUT2D eigenvalue weighted by Gasteiger charge is -2.35. The molecule has 144 valence electrons. The van der Waals surface area contributed by atoms with E-state index < -0.39 is 0 Å². The van der Waals surface area contributed by atoms with Gasteiger partial charge >= 0.3 is 6.03 Å². The van der Waals surface area contributed by atoms with Gasteiger partial charge in [-0.05, 0) is 36.8 Å². The molecule has 0 saturated heterocycles. The summed E-state index contributed by atoms with van der Waals surface area (Å²) in [5.74, 6) is 0.834. The zero-order valence-corrected chi connectivity index (χ0v) is 16.4. The van der Waals surface area contributed by atoms with Crippen LogP contribution in [0.1, 0.15) is 60.4 Å². The Labute approximate surface area is 161 Å². The summed E-state index contributed by atoms with van der Waals surface area (Å²) in [7, 11) is 1.97. The zero-order valence-electron chi connectivity index (χ0n) is 16.4. The smallest absolute Gasteiger partial charge is 0.317 e.